The topological polar surface area (TPSA) is 74.6 Å². The van der Waals surface area contributed by atoms with Crippen LogP contribution in [0.15, 0.2) is 0 Å². The van der Waals surface area contributed by atoms with Gasteiger partial charge in [0.2, 0.25) is 0 Å². The zero-order chi connectivity index (χ0) is 15.3. The van der Waals surface area contributed by atoms with E-state index in [-0.39, 0.29) is 11.5 Å². The van der Waals surface area contributed by atoms with Crippen molar-refractivity contribution in [1.29, 1.82) is 0 Å². The Kier molecular flexibility index (Phi) is 5.42. The molecule has 4 nitrogen and oxygen atoms in total. The smallest absolute Gasteiger partial charge is 0.309 e. The summed E-state index contributed by atoms with van der Waals surface area (Å²) >= 11 is 0. The lowest BCUT2D eigenvalue weighted by atomic mass is 9.96. The van der Waals surface area contributed by atoms with Crippen LogP contribution in [0, 0.1) is 10.8 Å². The Morgan fingerprint density at radius 3 is 2.00 bits per heavy atom. The number of aliphatic hydroxyl groups excluding tert-OH is 1. The second-order valence-electron chi connectivity index (χ2n) is 7.21. The standard InChI is InChI=1S/C17H28O4/c18-13-16(9-10-16)7-3-1-5-14(19)6-2-4-8-17(11-12-17)15(20)21/h13-14,19H,1-12H2,(H,20,21). The van der Waals surface area contributed by atoms with Crippen LogP contribution in [0.5, 0.6) is 0 Å². The Morgan fingerprint density at radius 2 is 1.57 bits per heavy atom. The van der Waals surface area contributed by atoms with Crippen LogP contribution >= 0.6 is 0 Å². The van der Waals surface area contributed by atoms with Gasteiger partial charge in [-0.2, -0.15) is 0 Å². The zero-order valence-corrected chi connectivity index (χ0v) is 12.9. The molecule has 2 N–H and O–H groups in total. The molecule has 120 valence electrons. The highest BCUT2D eigenvalue weighted by Gasteiger charge is 2.49. The van der Waals surface area contributed by atoms with Crippen LogP contribution in [0.1, 0.15) is 77.0 Å². The second kappa shape index (κ2) is 6.91. The highest BCUT2D eigenvalue weighted by atomic mass is 16.4. The van der Waals surface area contributed by atoms with E-state index in [0.717, 1.165) is 83.3 Å². The molecule has 0 bridgehead atoms. The minimum atomic E-state index is -0.646. The Labute approximate surface area is 126 Å². The van der Waals surface area contributed by atoms with E-state index in [4.69, 9.17) is 5.11 Å². The maximum Gasteiger partial charge on any atom is 0.309 e. The maximum absolute atomic E-state index is 11.0. The van der Waals surface area contributed by atoms with Crippen molar-refractivity contribution in [3.8, 4) is 0 Å². The molecule has 0 radical (unpaired) electrons. The van der Waals surface area contributed by atoms with Gasteiger partial charge < -0.3 is 15.0 Å². The molecular weight excluding hydrogens is 268 g/mol. The number of aliphatic carboxylic acids is 1. The van der Waals surface area contributed by atoms with Gasteiger partial charge in [0.25, 0.3) is 0 Å². The van der Waals surface area contributed by atoms with Crippen LogP contribution in [0.2, 0.25) is 0 Å². The normalized spacial score (nSPS) is 22.5. The number of hydrogen-bond donors (Lipinski definition) is 2. The van der Waals surface area contributed by atoms with Crippen molar-refractivity contribution in [3.05, 3.63) is 0 Å². The lowest BCUT2D eigenvalue weighted by molar-refractivity contribution is -0.143. The fourth-order valence-electron chi connectivity index (χ4n) is 3.15. The number of carboxylic acids is 1. The second-order valence-corrected chi connectivity index (χ2v) is 7.21. The van der Waals surface area contributed by atoms with Crippen molar-refractivity contribution < 1.29 is 19.8 Å². The van der Waals surface area contributed by atoms with Gasteiger partial charge in [0.15, 0.2) is 0 Å². The summed E-state index contributed by atoms with van der Waals surface area (Å²) in [4.78, 5) is 21.9. The van der Waals surface area contributed by atoms with Crippen LogP contribution < -0.4 is 0 Å². The van der Waals surface area contributed by atoms with Gasteiger partial charge in [-0.3, -0.25) is 4.79 Å². The number of carbonyl (C=O) groups is 2. The molecule has 4 heteroatoms. The molecule has 0 aromatic carbocycles. The number of carbonyl (C=O) groups excluding carboxylic acids is 1. The summed E-state index contributed by atoms with van der Waals surface area (Å²) in [5.41, 5.74) is -0.418. The Balaban J connectivity index is 1.45. The van der Waals surface area contributed by atoms with Crippen LogP contribution in [0.25, 0.3) is 0 Å². The summed E-state index contributed by atoms with van der Waals surface area (Å²) in [6.07, 6.45) is 11.7. The minimum absolute atomic E-state index is 0.000364. The maximum atomic E-state index is 11.0. The first kappa shape index (κ1) is 16.5. The summed E-state index contributed by atoms with van der Waals surface area (Å²) in [7, 11) is 0. The molecular formula is C17H28O4. The van der Waals surface area contributed by atoms with E-state index in [2.05, 4.69) is 0 Å². The van der Waals surface area contributed by atoms with Crippen molar-refractivity contribution >= 4 is 12.3 Å². The number of unbranched alkanes of at least 4 members (excludes halogenated alkanes) is 2. The van der Waals surface area contributed by atoms with E-state index in [1.807, 2.05) is 0 Å². The summed E-state index contributed by atoms with van der Waals surface area (Å²) in [5.74, 6) is -0.646. The average Bonchev–Trinajstić information content (AvgIpc) is 3.35. The van der Waals surface area contributed by atoms with Gasteiger partial charge in [0.1, 0.15) is 6.29 Å². The van der Waals surface area contributed by atoms with Gasteiger partial charge in [0.05, 0.1) is 11.5 Å². The third kappa shape index (κ3) is 4.80. The van der Waals surface area contributed by atoms with Gasteiger partial charge in [0, 0.05) is 5.41 Å². The molecule has 2 saturated carbocycles. The quantitative estimate of drug-likeness (QED) is 0.428. The Hall–Kier alpha value is -0.900. The molecule has 0 spiro atoms. The highest BCUT2D eigenvalue weighted by molar-refractivity contribution is 5.77. The lowest BCUT2D eigenvalue weighted by Gasteiger charge is -2.13. The third-order valence-electron chi connectivity index (χ3n) is 5.35. The molecule has 1 unspecified atom stereocenters. The van der Waals surface area contributed by atoms with Crippen LogP contribution in [0.4, 0.5) is 0 Å². The average molecular weight is 296 g/mol. The van der Waals surface area contributed by atoms with Gasteiger partial charge in [-0.1, -0.05) is 25.7 Å². The Bertz CT molecular complexity index is 369. The van der Waals surface area contributed by atoms with Crippen molar-refractivity contribution in [2.45, 2.75) is 83.2 Å². The SMILES string of the molecule is O=CC1(CCCCC(O)CCCCC2(C(=O)O)CC2)CC1. The molecule has 1 atom stereocenters. The lowest BCUT2D eigenvalue weighted by Crippen LogP contribution is -2.14. The van der Waals surface area contributed by atoms with Crippen molar-refractivity contribution in [2.24, 2.45) is 10.8 Å². The molecule has 0 aliphatic heterocycles. The first-order chi connectivity index (χ1) is 10.0. The molecule has 2 aliphatic rings. The number of aliphatic hydroxyl groups is 1. The predicted molar refractivity (Wildman–Crippen MR) is 80.0 cm³/mol. The summed E-state index contributed by atoms with van der Waals surface area (Å²) < 4.78 is 0. The van der Waals surface area contributed by atoms with E-state index in [1.165, 1.54) is 0 Å². The number of hydrogen-bond acceptors (Lipinski definition) is 3. The number of aldehydes is 1. The predicted octanol–water partition coefficient (Wildman–Crippen LogP) is 3.31. The van der Waals surface area contributed by atoms with E-state index in [9.17, 15) is 14.7 Å². The largest absolute Gasteiger partial charge is 0.481 e. The van der Waals surface area contributed by atoms with E-state index < -0.39 is 11.4 Å². The van der Waals surface area contributed by atoms with Gasteiger partial charge in [-0.15, -0.1) is 0 Å². The number of carboxylic acid groups (broad SMARTS) is 1. The van der Waals surface area contributed by atoms with E-state index >= 15 is 0 Å². The monoisotopic (exact) mass is 296 g/mol. The first-order valence-corrected chi connectivity index (χ1v) is 8.40. The minimum Gasteiger partial charge on any atom is -0.481 e. The molecule has 0 heterocycles. The molecule has 0 aromatic heterocycles. The number of rotatable bonds is 12. The molecule has 0 amide bonds. The highest BCUT2D eigenvalue weighted by Crippen LogP contribution is 2.50. The van der Waals surface area contributed by atoms with Gasteiger partial charge in [-0.25, -0.2) is 0 Å². The zero-order valence-electron chi connectivity index (χ0n) is 12.9. The molecule has 2 aliphatic carbocycles. The first-order valence-electron chi connectivity index (χ1n) is 8.40. The molecule has 0 aromatic rings. The van der Waals surface area contributed by atoms with E-state index in [0.29, 0.717) is 0 Å². The van der Waals surface area contributed by atoms with Gasteiger partial charge in [-0.05, 0) is 51.4 Å². The van der Waals surface area contributed by atoms with E-state index in [1.54, 1.807) is 0 Å². The summed E-state index contributed by atoms with van der Waals surface area (Å²) in [5, 5.41) is 19.0. The molecule has 2 rings (SSSR count). The van der Waals surface area contributed by atoms with Crippen molar-refractivity contribution in [2.75, 3.05) is 0 Å². The Morgan fingerprint density at radius 1 is 1.00 bits per heavy atom. The fourth-order valence-corrected chi connectivity index (χ4v) is 3.15. The van der Waals surface area contributed by atoms with Gasteiger partial charge >= 0.3 is 5.97 Å². The summed E-state index contributed by atoms with van der Waals surface area (Å²) in [6, 6.07) is 0. The van der Waals surface area contributed by atoms with Crippen molar-refractivity contribution in [1.82, 2.24) is 0 Å². The third-order valence-corrected chi connectivity index (χ3v) is 5.35. The van der Waals surface area contributed by atoms with Crippen molar-refractivity contribution in [3.63, 3.8) is 0 Å². The molecule has 0 saturated heterocycles. The summed E-state index contributed by atoms with van der Waals surface area (Å²) in [6.45, 7) is 0. The van der Waals surface area contributed by atoms with Crippen LogP contribution in [-0.2, 0) is 9.59 Å². The molecule has 2 fully saturated rings. The van der Waals surface area contributed by atoms with Crippen LogP contribution in [-0.4, -0.2) is 28.6 Å². The molecule has 21 heavy (non-hydrogen) atoms. The fraction of sp³-hybridized carbons (Fsp3) is 0.882. The van der Waals surface area contributed by atoms with Crippen LogP contribution in [0.3, 0.4) is 0 Å².